The van der Waals surface area contributed by atoms with E-state index >= 15 is 0 Å². The number of likely N-dealkylation sites (N-methyl/N-ethyl adjacent to an activating group) is 1. The molecule has 7 heteroatoms. The SMILES string of the molecule is CC[C@H](C)Oc1c(I)cc(/C=C2\SC(=NC)N(C)C2=O)cc1OC. The first-order chi connectivity index (χ1) is 11.4. The van der Waals surface area contributed by atoms with E-state index in [9.17, 15) is 4.79 Å². The fourth-order valence-corrected chi connectivity index (χ4v) is 3.80. The van der Waals surface area contributed by atoms with Gasteiger partial charge in [0, 0.05) is 14.1 Å². The molecule has 1 aromatic carbocycles. The van der Waals surface area contributed by atoms with E-state index in [1.54, 1.807) is 26.1 Å². The zero-order valence-electron chi connectivity index (χ0n) is 14.4. The van der Waals surface area contributed by atoms with Crippen LogP contribution in [0.1, 0.15) is 25.8 Å². The Kier molecular flexibility index (Phi) is 6.56. The van der Waals surface area contributed by atoms with Gasteiger partial charge in [0.25, 0.3) is 5.91 Å². The lowest BCUT2D eigenvalue weighted by molar-refractivity contribution is -0.121. The molecule has 130 valence electrons. The summed E-state index contributed by atoms with van der Waals surface area (Å²) < 4.78 is 12.4. The minimum absolute atomic E-state index is 0.0468. The van der Waals surface area contributed by atoms with Crippen molar-refractivity contribution in [2.45, 2.75) is 26.4 Å². The van der Waals surface area contributed by atoms with Gasteiger partial charge in [-0.2, -0.15) is 0 Å². The summed E-state index contributed by atoms with van der Waals surface area (Å²) in [5, 5.41) is 0.699. The maximum Gasteiger partial charge on any atom is 0.266 e. The van der Waals surface area contributed by atoms with Gasteiger partial charge in [0.15, 0.2) is 16.7 Å². The molecule has 1 amide bonds. The predicted molar refractivity (Wildman–Crippen MR) is 108 cm³/mol. The number of aliphatic imine (C=N–C) groups is 1. The molecule has 2 rings (SSSR count). The first-order valence-electron chi connectivity index (χ1n) is 7.59. The third kappa shape index (κ3) is 4.05. The van der Waals surface area contributed by atoms with Crippen molar-refractivity contribution in [3.63, 3.8) is 0 Å². The van der Waals surface area contributed by atoms with Crippen LogP contribution >= 0.6 is 34.4 Å². The quantitative estimate of drug-likeness (QED) is 0.493. The summed E-state index contributed by atoms with van der Waals surface area (Å²) >= 11 is 3.60. The van der Waals surface area contributed by atoms with E-state index in [1.807, 2.05) is 25.1 Å². The number of carbonyl (C=O) groups is 1. The van der Waals surface area contributed by atoms with Crippen LogP contribution in [-0.4, -0.2) is 43.3 Å². The zero-order valence-corrected chi connectivity index (χ0v) is 17.4. The van der Waals surface area contributed by atoms with Gasteiger partial charge < -0.3 is 9.47 Å². The molecule has 5 nitrogen and oxygen atoms in total. The molecule has 0 aliphatic carbocycles. The number of ether oxygens (including phenoxy) is 2. The Morgan fingerprint density at radius 1 is 1.46 bits per heavy atom. The molecule has 0 unspecified atom stereocenters. The van der Waals surface area contributed by atoms with Crippen LogP contribution in [0.15, 0.2) is 22.0 Å². The monoisotopic (exact) mass is 460 g/mol. The normalized spacial score (nSPS) is 19.2. The number of rotatable bonds is 5. The Balaban J connectivity index is 2.38. The van der Waals surface area contributed by atoms with E-state index in [2.05, 4.69) is 34.5 Å². The number of nitrogens with zero attached hydrogens (tertiary/aromatic N) is 2. The lowest BCUT2D eigenvalue weighted by Crippen LogP contribution is -2.23. The Bertz CT molecular complexity index is 703. The molecule has 0 aromatic heterocycles. The van der Waals surface area contributed by atoms with Gasteiger partial charge >= 0.3 is 0 Å². The Morgan fingerprint density at radius 3 is 2.71 bits per heavy atom. The average molecular weight is 460 g/mol. The van der Waals surface area contributed by atoms with Crippen molar-refractivity contribution in [1.82, 2.24) is 4.90 Å². The average Bonchev–Trinajstić information content (AvgIpc) is 2.84. The minimum Gasteiger partial charge on any atom is -0.493 e. The molecular formula is C17H21IN2O3S. The molecular weight excluding hydrogens is 439 g/mol. The third-order valence-corrected chi connectivity index (χ3v) is 5.59. The van der Waals surface area contributed by atoms with E-state index in [1.165, 1.54) is 11.8 Å². The fourth-order valence-electron chi connectivity index (χ4n) is 2.12. The zero-order chi connectivity index (χ0) is 17.9. The van der Waals surface area contributed by atoms with Crippen LogP contribution in [0.4, 0.5) is 0 Å². The third-order valence-electron chi connectivity index (χ3n) is 3.64. The highest BCUT2D eigenvalue weighted by Gasteiger charge is 2.29. The van der Waals surface area contributed by atoms with Crippen molar-refractivity contribution in [2.24, 2.45) is 4.99 Å². The molecule has 0 spiro atoms. The lowest BCUT2D eigenvalue weighted by Gasteiger charge is -2.17. The number of carbonyl (C=O) groups excluding carboxylic acids is 1. The fraction of sp³-hybridized carbons (Fsp3) is 0.412. The molecule has 1 atom stereocenters. The van der Waals surface area contributed by atoms with E-state index < -0.39 is 0 Å². The smallest absolute Gasteiger partial charge is 0.266 e. The van der Waals surface area contributed by atoms with Gasteiger partial charge in [-0.25, -0.2) is 0 Å². The van der Waals surface area contributed by atoms with Gasteiger partial charge in [0.2, 0.25) is 0 Å². The summed E-state index contributed by atoms with van der Waals surface area (Å²) in [6.45, 7) is 4.11. The number of hydrogen-bond donors (Lipinski definition) is 0. The second-order valence-electron chi connectivity index (χ2n) is 5.35. The van der Waals surface area contributed by atoms with E-state index in [4.69, 9.17) is 9.47 Å². The first kappa shape index (κ1) is 19.1. The molecule has 1 aromatic rings. The van der Waals surface area contributed by atoms with E-state index in [0.29, 0.717) is 15.8 Å². The standard InChI is InChI=1S/C17H21IN2O3S/c1-6-10(2)23-15-12(18)7-11(8-13(15)22-5)9-14-16(21)20(4)17(19-3)24-14/h7-10H,6H2,1-5H3/b14-9-,19-17?/t10-/m0/s1. The Hall–Kier alpha value is -1.22. The summed E-state index contributed by atoms with van der Waals surface area (Å²) in [4.78, 5) is 18.6. The first-order valence-corrected chi connectivity index (χ1v) is 9.49. The highest BCUT2D eigenvalue weighted by atomic mass is 127. The summed E-state index contributed by atoms with van der Waals surface area (Å²) in [5.74, 6) is 1.37. The van der Waals surface area contributed by atoms with Gasteiger partial charge in [-0.15, -0.1) is 0 Å². The number of amidine groups is 1. The van der Waals surface area contributed by atoms with Crippen molar-refractivity contribution in [3.8, 4) is 11.5 Å². The molecule has 1 aliphatic heterocycles. The second-order valence-corrected chi connectivity index (χ2v) is 7.52. The maximum absolute atomic E-state index is 12.3. The van der Waals surface area contributed by atoms with Crippen molar-refractivity contribution in [3.05, 3.63) is 26.2 Å². The largest absolute Gasteiger partial charge is 0.493 e. The summed E-state index contributed by atoms with van der Waals surface area (Å²) in [5.41, 5.74) is 0.898. The van der Waals surface area contributed by atoms with Crippen LogP contribution in [-0.2, 0) is 4.79 Å². The Morgan fingerprint density at radius 2 is 2.17 bits per heavy atom. The number of halogens is 1. The van der Waals surface area contributed by atoms with E-state index in [0.717, 1.165) is 21.3 Å². The van der Waals surface area contributed by atoms with Gasteiger partial charge in [-0.3, -0.25) is 14.7 Å². The number of methoxy groups -OCH3 is 1. The lowest BCUT2D eigenvalue weighted by atomic mass is 10.1. The molecule has 1 saturated heterocycles. The molecule has 0 radical (unpaired) electrons. The second kappa shape index (κ2) is 8.24. The number of hydrogen-bond acceptors (Lipinski definition) is 5. The van der Waals surface area contributed by atoms with Crippen molar-refractivity contribution >= 4 is 51.5 Å². The summed E-state index contributed by atoms with van der Waals surface area (Å²) in [6.07, 6.45) is 2.89. The van der Waals surface area contributed by atoms with Gasteiger partial charge in [0.05, 0.1) is 21.7 Å². The summed E-state index contributed by atoms with van der Waals surface area (Å²) in [6, 6.07) is 3.88. The van der Waals surface area contributed by atoms with Crippen LogP contribution < -0.4 is 9.47 Å². The van der Waals surface area contributed by atoms with E-state index in [-0.39, 0.29) is 12.0 Å². The predicted octanol–water partition coefficient (Wildman–Crippen LogP) is 4.01. The number of thioether (sulfide) groups is 1. The molecule has 24 heavy (non-hydrogen) atoms. The van der Waals surface area contributed by atoms with Gasteiger partial charge in [-0.05, 0) is 71.5 Å². The molecule has 0 bridgehead atoms. The van der Waals surface area contributed by atoms with Crippen LogP contribution in [0.5, 0.6) is 11.5 Å². The highest BCUT2D eigenvalue weighted by Crippen LogP contribution is 2.37. The van der Waals surface area contributed by atoms with Crippen LogP contribution in [0.2, 0.25) is 0 Å². The topological polar surface area (TPSA) is 51.1 Å². The van der Waals surface area contributed by atoms with Crippen LogP contribution in [0.3, 0.4) is 0 Å². The van der Waals surface area contributed by atoms with Crippen LogP contribution in [0, 0.1) is 3.57 Å². The Labute approximate surface area is 160 Å². The molecule has 0 saturated carbocycles. The number of benzene rings is 1. The molecule has 0 N–H and O–H groups in total. The van der Waals surface area contributed by atoms with Crippen molar-refractivity contribution in [2.75, 3.05) is 21.2 Å². The molecule has 1 aliphatic rings. The maximum atomic E-state index is 12.3. The molecule has 1 fully saturated rings. The number of amides is 1. The minimum atomic E-state index is -0.0468. The van der Waals surface area contributed by atoms with Crippen LogP contribution in [0.25, 0.3) is 6.08 Å². The van der Waals surface area contributed by atoms with Crippen molar-refractivity contribution < 1.29 is 14.3 Å². The van der Waals surface area contributed by atoms with Gasteiger partial charge in [0.1, 0.15) is 0 Å². The van der Waals surface area contributed by atoms with Crippen molar-refractivity contribution in [1.29, 1.82) is 0 Å². The molecule has 1 heterocycles. The van der Waals surface area contributed by atoms with Gasteiger partial charge in [-0.1, -0.05) is 6.92 Å². The summed E-state index contributed by atoms with van der Waals surface area (Å²) in [7, 11) is 5.03. The highest BCUT2D eigenvalue weighted by molar-refractivity contribution is 14.1.